The van der Waals surface area contributed by atoms with E-state index in [0.717, 1.165) is 5.56 Å². The van der Waals surface area contributed by atoms with E-state index < -0.39 is 0 Å². The van der Waals surface area contributed by atoms with Crippen LogP contribution in [-0.4, -0.2) is 15.8 Å². The fraction of sp³-hybridized carbons (Fsp3) is 0.154. The van der Waals surface area contributed by atoms with E-state index in [1.54, 1.807) is 25.3 Å². The summed E-state index contributed by atoms with van der Waals surface area (Å²) in [6.45, 7) is 1.76. The summed E-state index contributed by atoms with van der Waals surface area (Å²) < 4.78 is 0. The minimum atomic E-state index is -0.0522. The molecule has 0 amide bonds. The van der Waals surface area contributed by atoms with Crippen molar-refractivity contribution in [3.63, 3.8) is 0 Å². The fourth-order valence-electron chi connectivity index (χ4n) is 1.52. The first-order valence-electron chi connectivity index (χ1n) is 5.23. The van der Waals surface area contributed by atoms with Crippen molar-refractivity contribution in [1.82, 2.24) is 9.97 Å². The highest BCUT2D eigenvalue weighted by atomic mass is 35.5. The second-order valence-corrected chi connectivity index (χ2v) is 4.09. The van der Waals surface area contributed by atoms with Gasteiger partial charge in [0.1, 0.15) is 11.5 Å². The molecule has 17 heavy (non-hydrogen) atoms. The van der Waals surface area contributed by atoms with Gasteiger partial charge < -0.3 is 0 Å². The smallest absolute Gasteiger partial charge is 0.185 e. The molecule has 0 aliphatic carbocycles. The number of halogens is 1. The molecule has 0 unspecified atom stereocenters. The Bertz CT molecular complexity index is 555. The second kappa shape index (κ2) is 5.06. The van der Waals surface area contributed by atoms with Gasteiger partial charge in [0.2, 0.25) is 0 Å². The van der Waals surface area contributed by atoms with E-state index in [1.165, 1.54) is 0 Å². The largest absolute Gasteiger partial charge is 0.292 e. The lowest BCUT2D eigenvalue weighted by atomic mass is 10.1. The molecule has 4 heteroatoms. The van der Waals surface area contributed by atoms with E-state index in [1.807, 2.05) is 18.2 Å². The van der Waals surface area contributed by atoms with Crippen molar-refractivity contribution in [2.75, 3.05) is 0 Å². The van der Waals surface area contributed by atoms with Crippen LogP contribution in [-0.2, 0) is 6.42 Å². The maximum Gasteiger partial charge on any atom is 0.185 e. The molecule has 0 aliphatic rings. The number of carbonyl (C=O) groups is 1. The number of rotatable bonds is 3. The summed E-state index contributed by atoms with van der Waals surface area (Å²) in [4.78, 5) is 20.0. The van der Waals surface area contributed by atoms with Gasteiger partial charge in [-0.05, 0) is 24.6 Å². The summed E-state index contributed by atoms with van der Waals surface area (Å²) in [5.74, 6) is 0.540. The first-order valence-corrected chi connectivity index (χ1v) is 5.61. The minimum Gasteiger partial charge on any atom is -0.292 e. The first kappa shape index (κ1) is 11.7. The quantitative estimate of drug-likeness (QED) is 0.782. The highest BCUT2D eigenvalue weighted by Gasteiger charge is 2.10. The van der Waals surface area contributed by atoms with Crippen LogP contribution >= 0.6 is 11.6 Å². The van der Waals surface area contributed by atoms with Crippen molar-refractivity contribution in [2.24, 2.45) is 0 Å². The van der Waals surface area contributed by atoms with Crippen LogP contribution < -0.4 is 0 Å². The molecule has 0 N–H and O–H groups in total. The van der Waals surface area contributed by atoms with Gasteiger partial charge in [0.15, 0.2) is 5.78 Å². The number of benzene rings is 1. The van der Waals surface area contributed by atoms with Crippen LogP contribution in [0.1, 0.15) is 21.9 Å². The molecule has 0 bridgehead atoms. The van der Waals surface area contributed by atoms with Crippen molar-refractivity contribution >= 4 is 17.4 Å². The lowest BCUT2D eigenvalue weighted by Gasteiger charge is -2.03. The number of carbonyl (C=O) groups excluding carboxylic acids is 1. The van der Waals surface area contributed by atoms with Gasteiger partial charge in [-0.15, -0.1) is 0 Å². The van der Waals surface area contributed by atoms with E-state index in [-0.39, 0.29) is 12.2 Å². The highest BCUT2D eigenvalue weighted by Crippen LogP contribution is 2.16. The summed E-state index contributed by atoms with van der Waals surface area (Å²) >= 11 is 6.00. The molecular weight excluding hydrogens is 236 g/mol. The molecular formula is C13H11ClN2O. The van der Waals surface area contributed by atoms with Gasteiger partial charge in [-0.2, -0.15) is 0 Å². The average molecular weight is 247 g/mol. The van der Waals surface area contributed by atoms with Crippen molar-refractivity contribution in [1.29, 1.82) is 0 Å². The molecule has 1 heterocycles. The topological polar surface area (TPSA) is 42.9 Å². The van der Waals surface area contributed by atoms with Crippen molar-refractivity contribution < 1.29 is 4.79 Å². The minimum absolute atomic E-state index is 0.0522. The number of nitrogens with zero attached hydrogens (tertiary/aromatic N) is 2. The summed E-state index contributed by atoms with van der Waals surface area (Å²) in [6.07, 6.45) is 1.85. The summed E-state index contributed by atoms with van der Waals surface area (Å²) in [5, 5.41) is 0.603. The number of Topliss-reactive ketones (excluding diaryl/α,β-unsaturated/α-hetero) is 1. The standard InChI is InChI=1S/C13H11ClN2O/c1-9-15-7-6-12(16-9)13(17)8-10-4-2-3-5-11(10)14/h2-7H,8H2,1H3. The molecule has 0 saturated heterocycles. The van der Waals surface area contributed by atoms with Gasteiger partial charge in [-0.25, -0.2) is 9.97 Å². The van der Waals surface area contributed by atoms with Crippen molar-refractivity contribution in [2.45, 2.75) is 13.3 Å². The molecule has 0 spiro atoms. The van der Waals surface area contributed by atoms with Crippen LogP contribution in [0.2, 0.25) is 5.02 Å². The van der Waals surface area contributed by atoms with Crippen molar-refractivity contribution in [3.05, 3.63) is 58.6 Å². The van der Waals surface area contributed by atoms with E-state index in [9.17, 15) is 4.79 Å². The Kier molecular flexibility index (Phi) is 3.49. The zero-order chi connectivity index (χ0) is 12.3. The van der Waals surface area contributed by atoms with E-state index in [0.29, 0.717) is 16.5 Å². The average Bonchev–Trinajstić information content (AvgIpc) is 2.32. The number of hydrogen-bond donors (Lipinski definition) is 0. The molecule has 2 rings (SSSR count). The SMILES string of the molecule is Cc1nccc(C(=O)Cc2ccccc2Cl)n1. The van der Waals surface area contributed by atoms with Crippen LogP contribution in [0, 0.1) is 6.92 Å². The monoisotopic (exact) mass is 246 g/mol. The molecule has 1 aromatic carbocycles. The van der Waals surface area contributed by atoms with Gasteiger partial charge in [0.05, 0.1) is 0 Å². The number of hydrogen-bond acceptors (Lipinski definition) is 3. The number of aryl methyl sites for hydroxylation is 1. The van der Waals surface area contributed by atoms with Gasteiger partial charge >= 0.3 is 0 Å². The third kappa shape index (κ3) is 2.88. The van der Waals surface area contributed by atoms with Crippen molar-refractivity contribution in [3.8, 4) is 0 Å². The second-order valence-electron chi connectivity index (χ2n) is 3.68. The zero-order valence-corrected chi connectivity index (χ0v) is 10.1. The van der Waals surface area contributed by atoms with Gasteiger partial charge in [-0.1, -0.05) is 29.8 Å². The van der Waals surface area contributed by atoms with Crippen LogP contribution in [0.3, 0.4) is 0 Å². The Morgan fingerprint density at radius 2 is 2.06 bits per heavy atom. The molecule has 0 aliphatic heterocycles. The Morgan fingerprint density at radius 3 is 2.76 bits per heavy atom. The Morgan fingerprint density at radius 1 is 1.29 bits per heavy atom. The molecule has 0 radical (unpaired) electrons. The van der Waals surface area contributed by atoms with Gasteiger partial charge in [0, 0.05) is 17.6 Å². The molecule has 3 nitrogen and oxygen atoms in total. The predicted molar refractivity (Wildman–Crippen MR) is 66.3 cm³/mol. The Hall–Kier alpha value is -1.74. The first-order chi connectivity index (χ1) is 8.16. The zero-order valence-electron chi connectivity index (χ0n) is 9.35. The summed E-state index contributed by atoms with van der Waals surface area (Å²) in [5.41, 5.74) is 1.24. The molecule has 0 fully saturated rings. The normalized spacial score (nSPS) is 10.2. The van der Waals surface area contributed by atoms with Gasteiger partial charge in [-0.3, -0.25) is 4.79 Å². The highest BCUT2D eigenvalue weighted by molar-refractivity contribution is 6.31. The molecule has 2 aromatic rings. The van der Waals surface area contributed by atoms with E-state index in [4.69, 9.17) is 11.6 Å². The Balaban J connectivity index is 2.20. The van der Waals surface area contributed by atoms with E-state index in [2.05, 4.69) is 9.97 Å². The maximum atomic E-state index is 12.0. The van der Waals surface area contributed by atoms with Gasteiger partial charge in [0.25, 0.3) is 0 Å². The van der Waals surface area contributed by atoms with Crippen LogP contribution in [0.15, 0.2) is 36.5 Å². The molecule has 1 aromatic heterocycles. The van der Waals surface area contributed by atoms with Crippen LogP contribution in [0.25, 0.3) is 0 Å². The lowest BCUT2D eigenvalue weighted by Crippen LogP contribution is -2.07. The summed E-state index contributed by atoms with van der Waals surface area (Å²) in [7, 11) is 0. The molecule has 0 saturated carbocycles. The number of ketones is 1. The molecule has 86 valence electrons. The third-order valence-corrected chi connectivity index (χ3v) is 2.74. The van der Waals surface area contributed by atoms with Crippen LogP contribution in [0.4, 0.5) is 0 Å². The molecule has 0 atom stereocenters. The van der Waals surface area contributed by atoms with Crippen LogP contribution in [0.5, 0.6) is 0 Å². The van der Waals surface area contributed by atoms with E-state index >= 15 is 0 Å². The summed E-state index contributed by atoms with van der Waals surface area (Å²) in [6, 6.07) is 8.93. The Labute approximate surface area is 104 Å². The lowest BCUT2D eigenvalue weighted by molar-refractivity contribution is 0.0988. The maximum absolute atomic E-state index is 12.0. The fourth-order valence-corrected chi connectivity index (χ4v) is 1.72. The third-order valence-electron chi connectivity index (χ3n) is 2.37. The number of aromatic nitrogens is 2. The predicted octanol–water partition coefficient (Wildman–Crippen LogP) is 2.86.